The van der Waals surface area contributed by atoms with E-state index in [1.807, 2.05) is 12.1 Å². The van der Waals surface area contributed by atoms with Gasteiger partial charge >= 0.3 is 0 Å². The molecule has 6 nitrogen and oxygen atoms in total. The minimum Gasteiger partial charge on any atom is -0.488 e. The number of nitrogens with one attached hydrogen (secondary N) is 1. The van der Waals surface area contributed by atoms with Crippen molar-refractivity contribution in [2.45, 2.75) is 25.5 Å². The number of benzene rings is 1. The van der Waals surface area contributed by atoms with Crippen molar-refractivity contribution in [2.24, 2.45) is 0 Å². The number of amides is 1. The van der Waals surface area contributed by atoms with Crippen LogP contribution < -0.4 is 10.1 Å². The molecule has 148 valence electrons. The summed E-state index contributed by atoms with van der Waals surface area (Å²) in [5, 5.41) is 2.84. The molecule has 0 spiro atoms. The van der Waals surface area contributed by atoms with Crippen molar-refractivity contribution >= 4 is 11.6 Å². The molecule has 0 unspecified atom stereocenters. The van der Waals surface area contributed by atoms with E-state index in [9.17, 15) is 4.79 Å². The van der Waals surface area contributed by atoms with Gasteiger partial charge in [0.15, 0.2) is 11.4 Å². The lowest BCUT2D eigenvalue weighted by molar-refractivity contribution is 0.0917. The van der Waals surface area contributed by atoms with Gasteiger partial charge < -0.3 is 10.1 Å². The fourth-order valence-electron chi connectivity index (χ4n) is 3.49. The van der Waals surface area contributed by atoms with Gasteiger partial charge in [0.2, 0.25) is 0 Å². The van der Waals surface area contributed by atoms with Crippen molar-refractivity contribution in [2.75, 3.05) is 18.4 Å². The number of anilines is 1. The van der Waals surface area contributed by atoms with Crippen molar-refractivity contribution in [1.82, 2.24) is 14.9 Å². The highest BCUT2D eigenvalue weighted by molar-refractivity contribution is 6.04. The van der Waals surface area contributed by atoms with Crippen molar-refractivity contribution in [1.29, 1.82) is 0 Å². The quantitative estimate of drug-likeness (QED) is 0.696. The molecule has 6 heteroatoms. The number of nitrogens with zero attached hydrogens (tertiary/aromatic N) is 3. The molecule has 1 aromatic carbocycles. The molecular weight excluding hydrogens is 364 g/mol. The van der Waals surface area contributed by atoms with E-state index >= 15 is 0 Å². The topological polar surface area (TPSA) is 67.3 Å². The molecule has 1 amide bonds. The summed E-state index contributed by atoms with van der Waals surface area (Å²) in [7, 11) is 0. The molecule has 0 radical (unpaired) electrons. The summed E-state index contributed by atoms with van der Waals surface area (Å²) in [5.41, 5.74) is 2.31. The maximum atomic E-state index is 12.6. The van der Waals surface area contributed by atoms with E-state index in [4.69, 9.17) is 4.74 Å². The minimum absolute atomic E-state index is 0.0821. The van der Waals surface area contributed by atoms with Crippen LogP contribution in [-0.4, -0.2) is 40.0 Å². The first kappa shape index (κ1) is 19.1. The van der Waals surface area contributed by atoms with Crippen molar-refractivity contribution in [3.63, 3.8) is 0 Å². The third-order valence-electron chi connectivity index (χ3n) is 5.00. The number of piperidine rings is 1. The Morgan fingerprint density at radius 3 is 2.52 bits per heavy atom. The number of hydrogen-bond acceptors (Lipinski definition) is 5. The van der Waals surface area contributed by atoms with Gasteiger partial charge in [0.05, 0.1) is 0 Å². The lowest BCUT2D eigenvalue weighted by Crippen LogP contribution is -2.38. The molecule has 1 N–H and O–H groups in total. The molecule has 1 aliphatic heterocycles. The largest absolute Gasteiger partial charge is 0.488 e. The van der Waals surface area contributed by atoms with E-state index in [1.165, 1.54) is 5.56 Å². The van der Waals surface area contributed by atoms with Gasteiger partial charge in [0.25, 0.3) is 5.91 Å². The van der Waals surface area contributed by atoms with Gasteiger partial charge in [0, 0.05) is 43.9 Å². The lowest BCUT2D eigenvalue weighted by Gasteiger charge is -2.32. The third kappa shape index (κ3) is 5.18. The predicted octanol–water partition coefficient (Wildman–Crippen LogP) is 3.77. The van der Waals surface area contributed by atoms with Gasteiger partial charge in [-0.15, -0.1) is 0 Å². The maximum absolute atomic E-state index is 12.6. The van der Waals surface area contributed by atoms with Crippen LogP contribution in [0.5, 0.6) is 5.75 Å². The summed E-state index contributed by atoms with van der Waals surface area (Å²) in [6, 6.07) is 17.6. The fourth-order valence-corrected chi connectivity index (χ4v) is 3.49. The molecule has 0 aliphatic carbocycles. The monoisotopic (exact) mass is 388 g/mol. The molecule has 4 rings (SSSR count). The Hall–Kier alpha value is -3.25. The Morgan fingerprint density at radius 2 is 1.76 bits per heavy atom. The molecule has 0 bridgehead atoms. The molecule has 29 heavy (non-hydrogen) atoms. The van der Waals surface area contributed by atoms with Crippen molar-refractivity contribution in [3.05, 3.63) is 84.4 Å². The van der Waals surface area contributed by atoms with E-state index in [-0.39, 0.29) is 12.0 Å². The Balaban J connectivity index is 1.35. The van der Waals surface area contributed by atoms with Crippen LogP contribution in [0.3, 0.4) is 0 Å². The fraction of sp³-hybridized carbons (Fsp3) is 0.261. The molecule has 3 aromatic rings. The first-order valence-electron chi connectivity index (χ1n) is 9.87. The standard InChI is InChI=1S/C23H24N4O2/c28-23(26-19-8-13-24-14-9-19)22-21(7-4-12-25-22)29-20-10-15-27(16-11-20)17-18-5-2-1-3-6-18/h1-9,12-14,20H,10-11,15-17H2,(H,24,26,28). The van der Waals surface area contributed by atoms with Gasteiger partial charge in [-0.1, -0.05) is 30.3 Å². The molecule has 1 aliphatic rings. The number of pyridine rings is 2. The summed E-state index contributed by atoms with van der Waals surface area (Å²) < 4.78 is 6.18. The summed E-state index contributed by atoms with van der Waals surface area (Å²) in [5.74, 6) is 0.244. The van der Waals surface area contributed by atoms with Crippen LogP contribution in [-0.2, 0) is 6.54 Å². The van der Waals surface area contributed by atoms with E-state index in [1.54, 1.807) is 36.8 Å². The molecule has 1 fully saturated rings. The van der Waals surface area contributed by atoms with Crippen molar-refractivity contribution < 1.29 is 9.53 Å². The normalized spacial score (nSPS) is 15.0. The lowest BCUT2D eigenvalue weighted by atomic mass is 10.1. The van der Waals surface area contributed by atoms with Crippen LogP contribution in [0, 0.1) is 0 Å². The van der Waals surface area contributed by atoms with Gasteiger partial charge in [-0.2, -0.15) is 0 Å². The second-order valence-electron chi connectivity index (χ2n) is 7.12. The van der Waals surface area contributed by atoms with Crippen LogP contribution in [0.1, 0.15) is 28.9 Å². The predicted molar refractivity (Wildman–Crippen MR) is 112 cm³/mol. The first-order chi connectivity index (χ1) is 14.3. The Kier molecular flexibility index (Phi) is 6.12. The minimum atomic E-state index is -0.284. The highest BCUT2D eigenvalue weighted by atomic mass is 16.5. The molecule has 0 saturated carbocycles. The van der Waals surface area contributed by atoms with Gasteiger partial charge in [-0.25, -0.2) is 4.98 Å². The number of carbonyl (C=O) groups is 1. The van der Waals surface area contributed by atoms with Crippen LogP contribution in [0.25, 0.3) is 0 Å². The van der Waals surface area contributed by atoms with E-state index in [2.05, 4.69) is 44.5 Å². The van der Waals surface area contributed by atoms with Gasteiger partial charge in [-0.05, 0) is 42.7 Å². The number of rotatable bonds is 6. The molecule has 0 atom stereocenters. The third-order valence-corrected chi connectivity index (χ3v) is 5.00. The zero-order valence-corrected chi connectivity index (χ0v) is 16.2. The number of aromatic nitrogens is 2. The highest BCUT2D eigenvalue weighted by Gasteiger charge is 2.23. The second kappa shape index (κ2) is 9.30. The Bertz CT molecular complexity index is 926. The maximum Gasteiger partial charge on any atom is 0.278 e. The number of carbonyl (C=O) groups excluding carboxylic acids is 1. The molecule has 1 saturated heterocycles. The van der Waals surface area contributed by atoms with Crippen LogP contribution >= 0.6 is 0 Å². The van der Waals surface area contributed by atoms with Crippen LogP contribution in [0.15, 0.2) is 73.2 Å². The average molecular weight is 388 g/mol. The smallest absolute Gasteiger partial charge is 0.278 e. The Morgan fingerprint density at radius 1 is 1.00 bits per heavy atom. The van der Waals surface area contributed by atoms with Gasteiger partial charge in [0.1, 0.15) is 6.10 Å². The SMILES string of the molecule is O=C(Nc1ccncc1)c1ncccc1OC1CCN(Cc2ccccc2)CC1. The summed E-state index contributed by atoms with van der Waals surface area (Å²) in [6.07, 6.45) is 6.80. The number of ether oxygens (including phenoxy) is 1. The van der Waals surface area contributed by atoms with E-state index in [0.29, 0.717) is 17.1 Å². The second-order valence-corrected chi connectivity index (χ2v) is 7.12. The van der Waals surface area contributed by atoms with Crippen molar-refractivity contribution in [3.8, 4) is 5.75 Å². The van der Waals surface area contributed by atoms with Gasteiger partial charge in [-0.3, -0.25) is 14.7 Å². The number of hydrogen-bond donors (Lipinski definition) is 1. The first-order valence-corrected chi connectivity index (χ1v) is 9.87. The molecule has 2 aromatic heterocycles. The zero-order valence-electron chi connectivity index (χ0n) is 16.2. The van der Waals surface area contributed by atoms with Crippen LogP contribution in [0.2, 0.25) is 0 Å². The molecular formula is C23H24N4O2. The molecule has 3 heterocycles. The number of likely N-dealkylation sites (tertiary alicyclic amines) is 1. The van der Waals surface area contributed by atoms with E-state index < -0.39 is 0 Å². The summed E-state index contributed by atoms with van der Waals surface area (Å²) in [4.78, 5) is 23.3. The highest BCUT2D eigenvalue weighted by Crippen LogP contribution is 2.23. The zero-order chi connectivity index (χ0) is 19.9. The summed E-state index contributed by atoms with van der Waals surface area (Å²) >= 11 is 0. The Labute approximate surface area is 170 Å². The average Bonchev–Trinajstić information content (AvgIpc) is 2.77. The summed E-state index contributed by atoms with van der Waals surface area (Å²) in [6.45, 7) is 2.90. The van der Waals surface area contributed by atoms with Crippen LogP contribution in [0.4, 0.5) is 5.69 Å². The van der Waals surface area contributed by atoms with E-state index in [0.717, 1.165) is 32.5 Å².